The van der Waals surface area contributed by atoms with Crippen molar-refractivity contribution < 1.29 is 18.3 Å². The summed E-state index contributed by atoms with van der Waals surface area (Å²) in [5, 5.41) is 27.0. The van der Waals surface area contributed by atoms with Crippen LogP contribution in [0.5, 0.6) is 0 Å². The lowest BCUT2D eigenvalue weighted by Crippen LogP contribution is -2.32. The third-order valence-corrected chi connectivity index (χ3v) is 16.5. The van der Waals surface area contributed by atoms with Gasteiger partial charge in [0.05, 0.1) is 41.3 Å². The van der Waals surface area contributed by atoms with Crippen molar-refractivity contribution in [1.82, 2.24) is 19.6 Å². The van der Waals surface area contributed by atoms with Gasteiger partial charge in [0.25, 0.3) is 0 Å². The van der Waals surface area contributed by atoms with Gasteiger partial charge in [0.2, 0.25) is 0 Å². The molecule has 4 aromatic heterocycles. The van der Waals surface area contributed by atoms with Crippen LogP contribution in [0.15, 0.2) is 131 Å². The lowest BCUT2D eigenvalue weighted by molar-refractivity contribution is 0.0569. The summed E-state index contributed by atoms with van der Waals surface area (Å²) in [6.45, 7) is 4.52. The smallest absolute Gasteiger partial charge is 0.130 e. The van der Waals surface area contributed by atoms with E-state index in [4.69, 9.17) is 0 Å². The molecule has 0 amide bonds. The number of nitrogens with zero attached hydrogens (tertiary/aromatic N) is 4. The summed E-state index contributed by atoms with van der Waals surface area (Å²) in [6, 6.07) is 29.3. The van der Waals surface area contributed by atoms with Crippen molar-refractivity contribution in [3.63, 3.8) is 0 Å². The lowest BCUT2D eigenvalue weighted by atomic mass is 9.67. The van der Waals surface area contributed by atoms with Crippen molar-refractivity contribution in [2.75, 3.05) is 0 Å². The maximum absolute atomic E-state index is 16.0. The molecule has 12 rings (SSSR count). The molecule has 0 bridgehead atoms. The standard InChI is InChI=1S/C26H22F2N2S.C26H23FN2OS/c1-26-13-16-14-29-30(19-9-7-18(27)8-10-19)23(16)12-17(26)6-11-22(26)25(28)21-15-31-24-5-3-2-4-20(21)24;1-26-13-16-14-28-29(19-9-7-18(27)8-10-19)23(16)12-17(26)6-11-22(26)25(30)21-15-31-24-5-3-2-4-20(21)24/h2-5,7-10,12,14-15,22,25H,6,11,13H2,1H3;2-5,7-10,12,14-15,22,25,30H,6,11,13H2,1H3/t2*22-,25+,26+/m11/s1. The van der Waals surface area contributed by atoms with Gasteiger partial charge in [0, 0.05) is 20.9 Å². The van der Waals surface area contributed by atoms with Gasteiger partial charge in [-0.3, -0.25) is 0 Å². The SMILES string of the molecule is C[C@]12Cc3cnn(-c4ccc(F)cc4)c3C=C1CC[C@@H]2[C@@H](F)c1csc2ccccc12.C[C@]12Cc3cnn(-c4ccc(F)cc4)c3C=C1CC[C@@H]2[C@@H](O)c1csc2ccccc12. The molecule has 0 spiro atoms. The summed E-state index contributed by atoms with van der Waals surface area (Å²) in [5.74, 6) is -0.397. The quantitative estimate of drug-likeness (QED) is 0.181. The normalized spacial score (nSPS) is 23.5. The summed E-state index contributed by atoms with van der Waals surface area (Å²) >= 11 is 3.33. The molecule has 0 saturated heterocycles. The largest absolute Gasteiger partial charge is 0.388 e. The van der Waals surface area contributed by atoms with E-state index in [9.17, 15) is 13.9 Å². The highest BCUT2D eigenvalue weighted by Crippen LogP contribution is 2.59. The number of hydrogen-bond acceptors (Lipinski definition) is 5. The first-order chi connectivity index (χ1) is 30.1. The molecule has 5 nitrogen and oxygen atoms in total. The Hall–Kier alpha value is -5.55. The first-order valence-electron chi connectivity index (χ1n) is 21.4. The Bertz CT molecular complexity index is 2840. The van der Waals surface area contributed by atoms with Crippen LogP contribution in [-0.2, 0) is 12.8 Å². The molecule has 0 aliphatic heterocycles. The van der Waals surface area contributed by atoms with Crippen molar-refractivity contribution in [2.24, 2.45) is 22.7 Å². The fourth-order valence-corrected chi connectivity index (χ4v) is 13.2. The molecular weight excluding hydrogens is 818 g/mol. The third-order valence-electron chi connectivity index (χ3n) is 14.6. The van der Waals surface area contributed by atoms with Crippen LogP contribution in [0.1, 0.15) is 85.4 Å². The summed E-state index contributed by atoms with van der Waals surface area (Å²) < 4.78 is 48.9. The summed E-state index contributed by atoms with van der Waals surface area (Å²) in [6.07, 6.45) is 12.2. The maximum Gasteiger partial charge on any atom is 0.130 e. The first kappa shape index (κ1) is 39.3. The van der Waals surface area contributed by atoms with Crippen LogP contribution >= 0.6 is 22.7 Å². The average molecular weight is 863 g/mol. The van der Waals surface area contributed by atoms with Crippen LogP contribution in [0, 0.1) is 34.3 Å². The van der Waals surface area contributed by atoms with Crippen LogP contribution in [0.25, 0.3) is 43.7 Å². The van der Waals surface area contributed by atoms with Gasteiger partial charge in [-0.1, -0.05) is 61.4 Å². The number of thiophene rings is 2. The fourth-order valence-electron chi connectivity index (χ4n) is 11.2. The van der Waals surface area contributed by atoms with E-state index in [0.29, 0.717) is 0 Å². The zero-order chi connectivity index (χ0) is 42.3. The van der Waals surface area contributed by atoms with Gasteiger partial charge in [-0.05, 0) is 166 Å². The van der Waals surface area contributed by atoms with Gasteiger partial charge in [0.1, 0.15) is 17.8 Å². The van der Waals surface area contributed by atoms with E-state index in [2.05, 4.69) is 59.8 Å². The zero-order valence-corrected chi connectivity index (χ0v) is 36.1. The van der Waals surface area contributed by atoms with Crippen LogP contribution in [0.2, 0.25) is 0 Å². The number of aromatic nitrogens is 4. The van der Waals surface area contributed by atoms with E-state index < -0.39 is 12.3 Å². The van der Waals surface area contributed by atoms with Gasteiger partial charge in [-0.25, -0.2) is 22.5 Å². The Kier molecular flexibility index (Phi) is 9.55. The topological polar surface area (TPSA) is 55.9 Å². The number of fused-ring (bicyclic) bond motifs is 6. The highest BCUT2D eigenvalue weighted by molar-refractivity contribution is 7.17. The molecular formula is C52H45F3N4OS2. The van der Waals surface area contributed by atoms with Gasteiger partial charge in [-0.15, -0.1) is 22.7 Å². The number of halogens is 3. The van der Waals surface area contributed by atoms with E-state index in [1.54, 1.807) is 46.9 Å². The Morgan fingerprint density at radius 2 is 1.08 bits per heavy atom. The second-order valence-electron chi connectivity index (χ2n) is 17.9. The van der Waals surface area contributed by atoms with E-state index in [-0.39, 0.29) is 34.3 Å². The Labute approximate surface area is 366 Å². The molecule has 4 heterocycles. The van der Waals surface area contributed by atoms with Crippen LogP contribution in [-0.4, -0.2) is 24.7 Å². The van der Waals surface area contributed by atoms with Crippen LogP contribution in [0.4, 0.5) is 13.2 Å². The molecule has 312 valence electrons. The number of allylic oxidation sites excluding steroid dienone is 2. The van der Waals surface area contributed by atoms with E-state index >= 15 is 4.39 Å². The number of aliphatic hydroxyl groups is 1. The number of alkyl halides is 1. The van der Waals surface area contributed by atoms with Gasteiger partial charge >= 0.3 is 0 Å². The molecule has 2 fully saturated rings. The third kappa shape index (κ3) is 6.36. The number of aliphatic hydroxyl groups excluding tert-OH is 1. The van der Waals surface area contributed by atoms with Crippen molar-refractivity contribution in [3.8, 4) is 11.4 Å². The average Bonchev–Trinajstić information content (AvgIpc) is 4.15. The number of benzene rings is 4. The Morgan fingerprint density at radius 3 is 1.61 bits per heavy atom. The molecule has 4 aliphatic carbocycles. The monoisotopic (exact) mass is 862 g/mol. The predicted octanol–water partition coefficient (Wildman–Crippen LogP) is 13.6. The van der Waals surface area contributed by atoms with Crippen molar-refractivity contribution in [2.45, 2.75) is 64.6 Å². The molecule has 4 aliphatic rings. The first-order valence-corrected chi connectivity index (χ1v) is 23.2. The molecule has 4 aromatic carbocycles. The predicted molar refractivity (Wildman–Crippen MR) is 245 cm³/mol. The molecule has 1 N–H and O–H groups in total. The van der Waals surface area contributed by atoms with Gasteiger partial charge < -0.3 is 5.11 Å². The molecule has 0 radical (unpaired) electrons. The van der Waals surface area contributed by atoms with E-state index in [1.807, 2.05) is 57.5 Å². The van der Waals surface area contributed by atoms with E-state index in [1.165, 1.54) is 51.1 Å². The Balaban J connectivity index is 0.000000139. The highest BCUT2D eigenvalue weighted by atomic mass is 32.1. The van der Waals surface area contributed by atoms with Gasteiger partial charge in [0.15, 0.2) is 0 Å². The second kappa shape index (κ2) is 15.1. The zero-order valence-electron chi connectivity index (χ0n) is 34.4. The summed E-state index contributed by atoms with van der Waals surface area (Å²) in [7, 11) is 0. The minimum absolute atomic E-state index is 0.0564. The maximum atomic E-state index is 16.0. The number of hydrogen-bond donors (Lipinski definition) is 1. The summed E-state index contributed by atoms with van der Waals surface area (Å²) in [5.41, 5.74) is 10.4. The van der Waals surface area contributed by atoms with Crippen molar-refractivity contribution >= 4 is 55.0 Å². The molecule has 62 heavy (non-hydrogen) atoms. The highest BCUT2D eigenvalue weighted by Gasteiger charge is 2.50. The molecule has 10 heteroatoms. The minimum atomic E-state index is -0.985. The van der Waals surface area contributed by atoms with Gasteiger partial charge in [-0.2, -0.15) is 10.2 Å². The second-order valence-corrected chi connectivity index (χ2v) is 19.7. The molecule has 6 atom stereocenters. The molecule has 2 saturated carbocycles. The van der Waals surface area contributed by atoms with E-state index in [0.717, 1.165) is 88.1 Å². The minimum Gasteiger partial charge on any atom is -0.388 e. The van der Waals surface area contributed by atoms with Crippen molar-refractivity contribution in [1.29, 1.82) is 0 Å². The fraction of sp³-hybridized carbons (Fsp3) is 0.269. The molecule has 0 unspecified atom stereocenters. The summed E-state index contributed by atoms with van der Waals surface area (Å²) in [4.78, 5) is 0. The Morgan fingerprint density at radius 1 is 0.629 bits per heavy atom. The van der Waals surface area contributed by atoms with Crippen LogP contribution in [0.3, 0.4) is 0 Å². The molecule has 8 aromatic rings. The lowest BCUT2D eigenvalue weighted by Gasteiger charge is -2.38. The van der Waals surface area contributed by atoms with Crippen molar-refractivity contribution in [3.05, 3.63) is 177 Å². The van der Waals surface area contributed by atoms with Crippen LogP contribution < -0.4 is 0 Å². The number of rotatable bonds is 6.